The Bertz CT molecular complexity index is 509. The summed E-state index contributed by atoms with van der Waals surface area (Å²) in [7, 11) is 1.86. The first-order valence-electron chi connectivity index (χ1n) is 10.3. The summed E-state index contributed by atoms with van der Waals surface area (Å²) in [5, 5.41) is 7.20. The number of carbonyl (C=O) groups is 1. The fraction of sp³-hybridized carbons (Fsp3) is 0.900. The van der Waals surface area contributed by atoms with Crippen molar-refractivity contribution < 1.29 is 4.79 Å². The molecule has 4 saturated carbocycles. The van der Waals surface area contributed by atoms with E-state index in [1.165, 1.54) is 38.5 Å². The van der Waals surface area contributed by atoms with Gasteiger partial charge in [-0.2, -0.15) is 0 Å². The lowest BCUT2D eigenvalue weighted by Gasteiger charge is -2.57. The van der Waals surface area contributed by atoms with Crippen molar-refractivity contribution in [2.75, 3.05) is 26.7 Å². The van der Waals surface area contributed by atoms with E-state index in [4.69, 9.17) is 0 Å². The van der Waals surface area contributed by atoms with Crippen LogP contribution in [0.4, 0.5) is 0 Å². The Morgan fingerprint density at radius 2 is 1.80 bits per heavy atom. The molecule has 1 saturated heterocycles. The van der Waals surface area contributed by atoms with E-state index < -0.39 is 0 Å². The van der Waals surface area contributed by atoms with Crippen LogP contribution in [0.25, 0.3) is 0 Å². The van der Waals surface area contributed by atoms with Gasteiger partial charge in [0.25, 0.3) is 0 Å². The van der Waals surface area contributed by atoms with Gasteiger partial charge >= 0.3 is 0 Å². The zero-order valence-electron chi connectivity index (χ0n) is 15.9. The average Bonchev–Trinajstić information content (AvgIpc) is 3.05. The zero-order valence-corrected chi connectivity index (χ0v) is 15.9. The topological polar surface area (TPSA) is 56.7 Å². The highest BCUT2D eigenvalue weighted by molar-refractivity contribution is 5.80. The molecule has 1 atom stereocenters. The molecule has 4 bridgehead atoms. The van der Waals surface area contributed by atoms with E-state index in [0.29, 0.717) is 17.9 Å². The van der Waals surface area contributed by atoms with E-state index >= 15 is 0 Å². The summed E-state index contributed by atoms with van der Waals surface area (Å²) in [6.45, 7) is 4.69. The second kappa shape index (κ2) is 6.81. The van der Waals surface area contributed by atoms with Crippen LogP contribution in [-0.4, -0.2) is 49.5 Å². The van der Waals surface area contributed by atoms with E-state index in [1.807, 2.05) is 18.9 Å². The summed E-state index contributed by atoms with van der Waals surface area (Å²) in [5.41, 5.74) is 0.520. The molecule has 4 aliphatic carbocycles. The second-order valence-electron chi connectivity index (χ2n) is 9.17. The quantitative estimate of drug-likeness (QED) is 0.607. The minimum Gasteiger partial charge on any atom is -0.356 e. The Morgan fingerprint density at radius 1 is 1.16 bits per heavy atom. The Kier molecular flexibility index (Phi) is 4.67. The summed E-state index contributed by atoms with van der Waals surface area (Å²) in [6, 6.07) is 0.332. The lowest BCUT2D eigenvalue weighted by Crippen LogP contribution is -2.53. The molecule has 0 aromatic carbocycles. The first kappa shape index (κ1) is 17.2. The van der Waals surface area contributed by atoms with E-state index in [0.717, 1.165) is 49.8 Å². The minimum atomic E-state index is 0.265. The van der Waals surface area contributed by atoms with Crippen LogP contribution >= 0.6 is 0 Å². The molecule has 1 unspecified atom stereocenters. The van der Waals surface area contributed by atoms with Crippen LogP contribution in [0.1, 0.15) is 58.3 Å². The SMILES string of the molecule is CCC(=O)N1CCC(NC(=NC)NCC23CC4CC(CC(C4)C2)C3)C1. The smallest absolute Gasteiger partial charge is 0.222 e. The zero-order chi connectivity index (χ0) is 17.4. The van der Waals surface area contributed by atoms with Gasteiger partial charge in [0, 0.05) is 39.1 Å². The van der Waals surface area contributed by atoms with Crippen molar-refractivity contribution in [2.24, 2.45) is 28.2 Å². The van der Waals surface area contributed by atoms with Crippen LogP contribution in [0.5, 0.6) is 0 Å². The fourth-order valence-corrected chi connectivity index (χ4v) is 6.49. The van der Waals surface area contributed by atoms with Crippen molar-refractivity contribution in [1.82, 2.24) is 15.5 Å². The van der Waals surface area contributed by atoms with Crippen LogP contribution in [0, 0.1) is 23.2 Å². The Labute approximate surface area is 152 Å². The summed E-state index contributed by atoms with van der Waals surface area (Å²) < 4.78 is 0. The standard InChI is InChI=1S/C20H34N4O/c1-3-18(25)24-5-4-17(12-24)23-19(21-2)22-13-20-9-14-6-15(10-20)8-16(7-14)11-20/h14-17H,3-13H2,1-2H3,(H2,21,22,23). The number of likely N-dealkylation sites (tertiary alicyclic amines) is 1. The third-order valence-electron chi connectivity index (χ3n) is 7.20. The molecule has 0 aromatic heterocycles. The molecule has 0 spiro atoms. The van der Waals surface area contributed by atoms with E-state index in [1.54, 1.807) is 0 Å². The molecule has 2 N–H and O–H groups in total. The van der Waals surface area contributed by atoms with Crippen molar-refractivity contribution in [2.45, 2.75) is 64.3 Å². The Balaban J connectivity index is 1.29. The van der Waals surface area contributed by atoms with Gasteiger partial charge in [-0.15, -0.1) is 0 Å². The molecule has 5 aliphatic rings. The van der Waals surface area contributed by atoms with Gasteiger partial charge in [0.1, 0.15) is 0 Å². The van der Waals surface area contributed by atoms with Crippen molar-refractivity contribution in [1.29, 1.82) is 0 Å². The van der Waals surface area contributed by atoms with Gasteiger partial charge in [0.2, 0.25) is 5.91 Å². The number of nitrogens with zero attached hydrogens (tertiary/aromatic N) is 2. The van der Waals surface area contributed by atoms with Crippen LogP contribution in [-0.2, 0) is 4.79 Å². The summed E-state index contributed by atoms with van der Waals surface area (Å²) in [5.74, 6) is 4.16. The van der Waals surface area contributed by atoms with Gasteiger partial charge in [0.05, 0.1) is 0 Å². The maximum atomic E-state index is 11.9. The van der Waals surface area contributed by atoms with Crippen molar-refractivity contribution in [3.63, 3.8) is 0 Å². The molecule has 5 fully saturated rings. The third-order valence-corrected chi connectivity index (χ3v) is 7.20. The Morgan fingerprint density at radius 3 is 2.36 bits per heavy atom. The van der Waals surface area contributed by atoms with Crippen LogP contribution < -0.4 is 10.6 Å². The highest BCUT2D eigenvalue weighted by Crippen LogP contribution is 2.59. The molecule has 0 radical (unpaired) electrons. The molecule has 140 valence electrons. The molecule has 5 heteroatoms. The number of carbonyl (C=O) groups excluding carboxylic acids is 1. The molecule has 1 amide bonds. The van der Waals surface area contributed by atoms with E-state index in [-0.39, 0.29) is 5.91 Å². The highest BCUT2D eigenvalue weighted by atomic mass is 16.2. The van der Waals surface area contributed by atoms with E-state index in [2.05, 4.69) is 15.6 Å². The molecule has 1 heterocycles. The number of aliphatic imine (C=N–C) groups is 1. The lowest BCUT2D eigenvalue weighted by atomic mass is 9.49. The molecule has 0 aromatic rings. The molecular formula is C20H34N4O. The summed E-state index contributed by atoms with van der Waals surface area (Å²) in [6.07, 6.45) is 10.4. The summed E-state index contributed by atoms with van der Waals surface area (Å²) in [4.78, 5) is 18.3. The van der Waals surface area contributed by atoms with Crippen LogP contribution in [0.15, 0.2) is 4.99 Å². The monoisotopic (exact) mass is 346 g/mol. The lowest BCUT2D eigenvalue weighted by molar-refractivity contribution is -0.129. The van der Waals surface area contributed by atoms with Gasteiger partial charge < -0.3 is 15.5 Å². The predicted molar refractivity (Wildman–Crippen MR) is 100 cm³/mol. The van der Waals surface area contributed by atoms with Crippen molar-refractivity contribution in [3.8, 4) is 0 Å². The normalized spacial score (nSPS) is 39.8. The van der Waals surface area contributed by atoms with Crippen molar-refractivity contribution in [3.05, 3.63) is 0 Å². The fourth-order valence-electron chi connectivity index (χ4n) is 6.49. The van der Waals surface area contributed by atoms with Crippen molar-refractivity contribution >= 4 is 11.9 Å². The highest BCUT2D eigenvalue weighted by Gasteiger charge is 2.50. The first-order chi connectivity index (χ1) is 12.1. The number of hydrogen-bond acceptors (Lipinski definition) is 2. The molecule has 5 rings (SSSR count). The number of guanidine groups is 1. The van der Waals surface area contributed by atoms with Gasteiger partial charge in [-0.1, -0.05) is 6.92 Å². The summed E-state index contributed by atoms with van der Waals surface area (Å²) >= 11 is 0. The minimum absolute atomic E-state index is 0.265. The van der Waals surface area contributed by atoms with Crippen LogP contribution in [0.2, 0.25) is 0 Å². The van der Waals surface area contributed by atoms with Gasteiger partial charge in [-0.25, -0.2) is 0 Å². The number of amides is 1. The molecular weight excluding hydrogens is 312 g/mol. The first-order valence-corrected chi connectivity index (χ1v) is 10.3. The molecule has 25 heavy (non-hydrogen) atoms. The maximum Gasteiger partial charge on any atom is 0.222 e. The number of rotatable bonds is 4. The molecule has 5 nitrogen and oxygen atoms in total. The molecule has 1 aliphatic heterocycles. The van der Waals surface area contributed by atoms with Crippen LogP contribution in [0.3, 0.4) is 0 Å². The number of hydrogen-bond donors (Lipinski definition) is 2. The second-order valence-corrected chi connectivity index (χ2v) is 9.17. The third kappa shape index (κ3) is 3.52. The van der Waals surface area contributed by atoms with E-state index in [9.17, 15) is 4.79 Å². The largest absolute Gasteiger partial charge is 0.356 e. The Hall–Kier alpha value is -1.26. The predicted octanol–water partition coefficient (Wildman–Crippen LogP) is 2.38. The average molecular weight is 347 g/mol. The maximum absolute atomic E-state index is 11.9. The van der Waals surface area contributed by atoms with Gasteiger partial charge in [0.15, 0.2) is 5.96 Å². The van der Waals surface area contributed by atoms with Gasteiger partial charge in [-0.05, 0) is 68.1 Å². The number of nitrogens with one attached hydrogen (secondary N) is 2. The van der Waals surface area contributed by atoms with Gasteiger partial charge in [-0.3, -0.25) is 9.79 Å².